The summed E-state index contributed by atoms with van der Waals surface area (Å²) in [6.07, 6.45) is 6.72. The Morgan fingerprint density at radius 2 is 2.11 bits per heavy atom. The first-order valence-corrected chi connectivity index (χ1v) is 7.90. The zero-order chi connectivity index (χ0) is 13.0. The fraction of sp³-hybridized carbons (Fsp3) is 0.846. The Morgan fingerprint density at radius 3 is 2.83 bits per heavy atom. The Labute approximate surface area is 114 Å². The lowest BCUT2D eigenvalue weighted by atomic mass is 9.87. The van der Waals surface area contributed by atoms with Gasteiger partial charge >= 0.3 is 0 Å². The molecule has 2 N–H and O–H groups in total. The van der Waals surface area contributed by atoms with E-state index in [4.69, 9.17) is 5.73 Å². The fourth-order valence-electron chi connectivity index (χ4n) is 2.77. The molecule has 18 heavy (non-hydrogen) atoms. The molecule has 4 nitrogen and oxygen atoms in total. The minimum absolute atomic E-state index is 0.647. The second-order valence-electron chi connectivity index (χ2n) is 5.08. The molecule has 0 aliphatic heterocycles. The Balaban J connectivity index is 2.07. The highest BCUT2D eigenvalue weighted by molar-refractivity contribution is 7.99. The standard InChI is InChI=1S/C13H24N4S/c1-3-11-6-4-5-7-12(11)18-13-16-15-10(2)17(13)9-8-14/h11-12H,3-9,14H2,1-2H3. The maximum Gasteiger partial charge on any atom is 0.191 e. The van der Waals surface area contributed by atoms with E-state index >= 15 is 0 Å². The number of nitrogens with two attached hydrogens (primary N) is 1. The van der Waals surface area contributed by atoms with Crippen molar-refractivity contribution in [1.29, 1.82) is 0 Å². The molecule has 0 radical (unpaired) electrons. The van der Waals surface area contributed by atoms with Crippen LogP contribution in [-0.2, 0) is 6.54 Å². The van der Waals surface area contributed by atoms with Gasteiger partial charge in [-0.15, -0.1) is 10.2 Å². The molecule has 0 amide bonds. The predicted octanol–water partition coefficient (Wildman–Crippen LogP) is 2.61. The molecule has 1 aromatic heterocycles. The van der Waals surface area contributed by atoms with Crippen molar-refractivity contribution in [1.82, 2.24) is 14.8 Å². The lowest BCUT2D eigenvalue weighted by Crippen LogP contribution is -2.22. The molecule has 1 saturated carbocycles. The van der Waals surface area contributed by atoms with Gasteiger partial charge in [0.05, 0.1) is 0 Å². The highest BCUT2D eigenvalue weighted by atomic mass is 32.2. The van der Waals surface area contributed by atoms with Gasteiger partial charge in [0, 0.05) is 18.3 Å². The molecule has 1 aliphatic carbocycles. The third kappa shape index (κ3) is 3.06. The van der Waals surface area contributed by atoms with Crippen LogP contribution in [-0.4, -0.2) is 26.6 Å². The van der Waals surface area contributed by atoms with Crippen molar-refractivity contribution in [2.45, 2.75) is 62.9 Å². The molecular weight excluding hydrogens is 244 g/mol. The second-order valence-corrected chi connectivity index (χ2v) is 6.29. The lowest BCUT2D eigenvalue weighted by molar-refractivity contribution is 0.360. The summed E-state index contributed by atoms with van der Waals surface area (Å²) in [6.45, 7) is 5.78. The van der Waals surface area contributed by atoms with Gasteiger partial charge < -0.3 is 10.3 Å². The molecule has 5 heteroatoms. The van der Waals surface area contributed by atoms with Gasteiger partial charge in [-0.3, -0.25) is 0 Å². The Morgan fingerprint density at radius 1 is 1.33 bits per heavy atom. The second kappa shape index (κ2) is 6.57. The van der Waals surface area contributed by atoms with Gasteiger partial charge in [0.15, 0.2) is 5.16 Å². The molecule has 2 rings (SSSR count). The molecular formula is C13H24N4S. The van der Waals surface area contributed by atoms with Crippen molar-refractivity contribution in [3.8, 4) is 0 Å². The van der Waals surface area contributed by atoms with Gasteiger partial charge in [-0.05, 0) is 25.7 Å². The van der Waals surface area contributed by atoms with Crippen molar-refractivity contribution in [2.75, 3.05) is 6.54 Å². The first kappa shape index (κ1) is 13.9. The lowest BCUT2D eigenvalue weighted by Gasteiger charge is -2.29. The van der Waals surface area contributed by atoms with Crippen molar-refractivity contribution in [3.05, 3.63) is 5.82 Å². The van der Waals surface area contributed by atoms with Crippen molar-refractivity contribution < 1.29 is 0 Å². The van der Waals surface area contributed by atoms with E-state index in [2.05, 4.69) is 21.7 Å². The largest absolute Gasteiger partial charge is 0.329 e. The minimum Gasteiger partial charge on any atom is -0.329 e. The molecule has 0 bridgehead atoms. The molecule has 102 valence electrons. The summed E-state index contributed by atoms with van der Waals surface area (Å²) >= 11 is 1.92. The molecule has 1 fully saturated rings. The number of hydrogen-bond acceptors (Lipinski definition) is 4. The molecule has 2 unspecified atom stereocenters. The molecule has 0 saturated heterocycles. The van der Waals surface area contributed by atoms with Crippen molar-refractivity contribution >= 4 is 11.8 Å². The summed E-state index contributed by atoms with van der Waals surface area (Å²) in [5, 5.41) is 10.3. The van der Waals surface area contributed by atoms with Crippen LogP contribution in [0.5, 0.6) is 0 Å². The monoisotopic (exact) mass is 268 g/mol. The maximum absolute atomic E-state index is 5.66. The van der Waals surface area contributed by atoms with E-state index in [0.29, 0.717) is 11.8 Å². The Hall–Kier alpha value is -0.550. The average Bonchev–Trinajstić information content (AvgIpc) is 2.73. The average molecular weight is 268 g/mol. The minimum atomic E-state index is 0.647. The summed E-state index contributed by atoms with van der Waals surface area (Å²) in [4.78, 5) is 0. The Bertz CT molecular complexity index is 377. The van der Waals surface area contributed by atoms with Crippen LogP contribution in [0.1, 0.15) is 44.9 Å². The predicted molar refractivity (Wildman–Crippen MR) is 75.7 cm³/mol. The van der Waals surface area contributed by atoms with Crippen molar-refractivity contribution in [3.63, 3.8) is 0 Å². The highest BCUT2D eigenvalue weighted by Gasteiger charge is 2.26. The van der Waals surface area contributed by atoms with Crippen LogP contribution in [0.15, 0.2) is 5.16 Å². The van der Waals surface area contributed by atoms with Crippen LogP contribution in [0, 0.1) is 12.8 Å². The van der Waals surface area contributed by atoms with Crippen LogP contribution in [0.25, 0.3) is 0 Å². The SMILES string of the molecule is CCC1CCCCC1Sc1nnc(C)n1CCN. The van der Waals surface area contributed by atoms with Crippen LogP contribution >= 0.6 is 11.8 Å². The number of aryl methyl sites for hydroxylation is 1. The van der Waals surface area contributed by atoms with E-state index in [9.17, 15) is 0 Å². The summed E-state index contributed by atoms with van der Waals surface area (Å²) in [5.41, 5.74) is 5.66. The fourth-order valence-corrected chi connectivity index (χ4v) is 4.28. The van der Waals surface area contributed by atoms with Crippen LogP contribution < -0.4 is 5.73 Å². The van der Waals surface area contributed by atoms with Gasteiger partial charge in [-0.1, -0.05) is 37.9 Å². The summed E-state index contributed by atoms with van der Waals surface area (Å²) in [5.74, 6) is 1.82. The van der Waals surface area contributed by atoms with E-state index in [-0.39, 0.29) is 0 Å². The van der Waals surface area contributed by atoms with E-state index in [1.54, 1.807) is 0 Å². The van der Waals surface area contributed by atoms with E-state index in [1.165, 1.54) is 32.1 Å². The number of rotatable bonds is 5. The summed E-state index contributed by atoms with van der Waals surface area (Å²) in [7, 11) is 0. The number of hydrogen-bond donors (Lipinski definition) is 1. The Kier molecular flexibility index (Phi) is 5.06. The highest BCUT2D eigenvalue weighted by Crippen LogP contribution is 2.38. The summed E-state index contributed by atoms with van der Waals surface area (Å²) in [6, 6.07) is 0. The molecule has 0 spiro atoms. The number of aromatic nitrogens is 3. The summed E-state index contributed by atoms with van der Waals surface area (Å²) < 4.78 is 2.16. The molecule has 0 aromatic carbocycles. The van der Waals surface area contributed by atoms with Gasteiger partial charge in [0.25, 0.3) is 0 Å². The first-order chi connectivity index (χ1) is 8.76. The smallest absolute Gasteiger partial charge is 0.191 e. The van der Waals surface area contributed by atoms with E-state index in [0.717, 1.165) is 23.4 Å². The third-order valence-electron chi connectivity index (χ3n) is 3.88. The molecule has 2 atom stereocenters. The first-order valence-electron chi connectivity index (χ1n) is 7.02. The van der Waals surface area contributed by atoms with Gasteiger partial charge in [-0.2, -0.15) is 0 Å². The topological polar surface area (TPSA) is 56.7 Å². The zero-order valence-corrected chi connectivity index (χ0v) is 12.2. The maximum atomic E-state index is 5.66. The van der Waals surface area contributed by atoms with Crippen LogP contribution in [0.4, 0.5) is 0 Å². The zero-order valence-electron chi connectivity index (χ0n) is 11.4. The van der Waals surface area contributed by atoms with Gasteiger partial charge in [0.1, 0.15) is 5.82 Å². The molecule has 1 aromatic rings. The quantitative estimate of drug-likeness (QED) is 0.892. The van der Waals surface area contributed by atoms with E-state index in [1.807, 2.05) is 18.7 Å². The van der Waals surface area contributed by atoms with Gasteiger partial charge in [0.2, 0.25) is 0 Å². The molecule has 1 aliphatic rings. The number of thioether (sulfide) groups is 1. The third-order valence-corrected chi connectivity index (χ3v) is 5.31. The molecule has 1 heterocycles. The normalized spacial score (nSPS) is 24.4. The van der Waals surface area contributed by atoms with E-state index < -0.39 is 0 Å². The van der Waals surface area contributed by atoms with Gasteiger partial charge in [-0.25, -0.2) is 0 Å². The number of nitrogens with zero attached hydrogens (tertiary/aromatic N) is 3. The van der Waals surface area contributed by atoms with Crippen LogP contribution in [0.2, 0.25) is 0 Å². The van der Waals surface area contributed by atoms with Crippen molar-refractivity contribution in [2.24, 2.45) is 11.7 Å². The van der Waals surface area contributed by atoms with Crippen LogP contribution in [0.3, 0.4) is 0 Å².